The second-order valence-corrected chi connectivity index (χ2v) is 5.99. The second-order valence-electron chi connectivity index (χ2n) is 5.99. The van der Waals surface area contributed by atoms with Crippen LogP contribution in [0, 0.1) is 6.92 Å². The number of nitrogens with one attached hydrogen (secondary N) is 2. The average Bonchev–Trinajstić information content (AvgIpc) is 2.57. The van der Waals surface area contributed by atoms with Crippen LogP contribution in [0.25, 0.3) is 0 Å². The van der Waals surface area contributed by atoms with Gasteiger partial charge in [-0.3, -0.25) is 14.5 Å². The third kappa shape index (κ3) is 5.62. The lowest BCUT2D eigenvalue weighted by Crippen LogP contribution is -2.41. The summed E-state index contributed by atoms with van der Waals surface area (Å²) in [6, 6.07) is 5.92. The minimum Gasteiger partial charge on any atom is -0.379 e. The van der Waals surface area contributed by atoms with Gasteiger partial charge in [-0.25, -0.2) is 0 Å². The molecule has 0 aliphatic carbocycles. The SMILES string of the molecule is CCc1cccc(C)c1NC(=O)CC(=O)NCCN1CCOCC1. The number of morpholine rings is 1. The van der Waals surface area contributed by atoms with Crippen LogP contribution in [0.2, 0.25) is 0 Å². The molecule has 2 amide bonds. The number of hydrogen-bond acceptors (Lipinski definition) is 4. The smallest absolute Gasteiger partial charge is 0.233 e. The summed E-state index contributed by atoms with van der Waals surface area (Å²) in [7, 11) is 0. The van der Waals surface area contributed by atoms with Gasteiger partial charge in [0, 0.05) is 31.9 Å². The van der Waals surface area contributed by atoms with Crippen LogP contribution in [0.5, 0.6) is 0 Å². The number of hydrogen-bond donors (Lipinski definition) is 2. The monoisotopic (exact) mass is 333 g/mol. The van der Waals surface area contributed by atoms with Crippen molar-refractivity contribution in [2.24, 2.45) is 0 Å². The zero-order valence-electron chi connectivity index (χ0n) is 14.6. The molecule has 0 atom stereocenters. The Hall–Kier alpha value is -1.92. The molecule has 1 aliphatic heterocycles. The van der Waals surface area contributed by atoms with Crippen molar-refractivity contribution in [3.8, 4) is 0 Å². The van der Waals surface area contributed by atoms with Crippen molar-refractivity contribution in [3.63, 3.8) is 0 Å². The third-order valence-corrected chi connectivity index (χ3v) is 4.18. The van der Waals surface area contributed by atoms with E-state index in [0.29, 0.717) is 6.54 Å². The predicted molar refractivity (Wildman–Crippen MR) is 94.1 cm³/mol. The number of carbonyl (C=O) groups is 2. The molecule has 2 N–H and O–H groups in total. The van der Waals surface area contributed by atoms with E-state index in [1.54, 1.807) is 0 Å². The molecular weight excluding hydrogens is 306 g/mol. The summed E-state index contributed by atoms with van der Waals surface area (Å²) in [4.78, 5) is 26.3. The summed E-state index contributed by atoms with van der Waals surface area (Å²) in [5, 5.41) is 5.68. The molecule has 0 radical (unpaired) electrons. The third-order valence-electron chi connectivity index (χ3n) is 4.18. The molecule has 1 aromatic carbocycles. The number of para-hydroxylation sites is 1. The standard InChI is InChI=1S/C18H27N3O3/c1-3-15-6-4-5-14(2)18(15)20-17(23)13-16(22)19-7-8-21-9-11-24-12-10-21/h4-6H,3,7-13H2,1-2H3,(H,19,22)(H,20,23). The highest BCUT2D eigenvalue weighted by Crippen LogP contribution is 2.21. The molecule has 0 spiro atoms. The molecule has 1 fully saturated rings. The highest BCUT2D eigenvalue weighted by Gasteiger charge is 2.14. The van der Waals surface area contributed by atoms with E-state index in [2.05, 4.69) is 15.5 Å². The minimum atomic E-state index is -0.275. The maximum absolute atomic E-state index is 12.1. The summed E-state index contributed by atoms with van der Waals surface area (Å²) in [5.74, 6) is -0.518. The van der Waals surface area contributed by atoms with Gasteiger partial charge in [-0.2, -0.15) is 0 Å². The van der Waals surface area contributed by atoms with E-state index in [1.165, 1.54) is 0 Å². The number of rotatable bonds is 7. The van der Waals surface area contributed by atoms with Gasteiger partial charge in [-0.05, 0) is 24.5 Å². The lowest BCUT2D eigenvalue weighted by atomic mass is 10.1. The zero-order valence-corrected chi connectivity index (χ0v) is 14.6. The maximum atomic E-state index is 12.1. The van der Waals surface area contributed by atoms with Crippen molar-refractivity contribution in [3.05, 3.63) is 29.3 Å². The van der Waals surface area contributed by atoms with E-state index in [4.69, 9.17) is 4.74 Å². The largest absolute Gasteiger partial charge is 0.379 e. The first-order valence-electron chi connectivity index (χ1n) is 8.55. The molecule has 0 unspecified atom stereocenters. The molecule has 1 saturated heterocycles. The van der Waals surface area contributed by atoms with Crippen LogP contribution >= 0.6 is 0 Å². The Kier molecular flexibility index (Phi) is 7.21. The number of anilines is 1. The number of carbonyl (C=O) groups excluding carboxylic acids is 2. The van der Waals surface area contributed by atoms with Crippen molar-refractivity contribution in [2.75, 3.05) is 44.7 Å². The summed E-state index contributed by atoms with van der Waals surface area (Å²) >= 11 is 0. The molecule has 0 aromatic heterocycles. The number of aryl methyl sites for hydroxylation is 2. The Bertz CT molecular complexity index is 569. The molecule has 1 aliphatic rings. The molecule has 24 heavy (non-hydrogen) atoms. The Morgan fingerprint density at radius 3 is 2.67 bits per heavy atom. The fourth-order valence-corrected chi connectivity index (χ4v) is 2.77. The van der Waals surface area contributed by atoms with Crippen molar-refractivity contribution < 1.29 is 14.3 Å². The molecule has 6 nitrogen and oxygen atoms in total. The lowest BCUT2D eigenvalue weighted by Gasteiger charge is -2.26. The van der Waals surface area contributed by atoms with Crippen molar-refractivity contribution in [1.29, 1.82) is 0 Å². The van der Waals surface area contributed by atoms with Crippen LogP contribution in [0.1, 0.15) is 24.5 Å². The van der Waals surface area contributed by atoms with Crippen LogP contribution in [0.4, 0.5) is 5.69 Å². The first kappa shape index (κ1) is 18.4. The van der Waals surface area contributed by atoms with Gasteiger partial charge in [0.15, 0.2) is 0 Å². The summed E-state index contributed by atoms with van der Waals surface area (Å²) < 4.78 is 5.28. The fourth-order valence-electron chi connectivity index (χ4n) is 2.77. The van der Waals surface area contributed by atoms with Gasteiger partial charge in [0.2, 0.25) is 11.8 Å². The topological polar surface area (TPSA) is 70.7 Å². The molecule has 1 aromatic rings. The second kappa shape index (κ2) is 9.39. The summed E-state index contributed by atoms with van der Waals surface area (Å²) in [5.41, 5.74) is 2.91. The highest BCUT2D eigenvalue weighted by atomic mass is 16.5. The van der Waals surface area contributed by atoms with Crippen molar-refractivity contribution >= 4 is 17.5 Å². The van der Waals surface area contributed by atoms with Crippen LogP contribution in [-0.4, -0.2) is 56.1 Å². The van der Waals surface area contributed by atoms with Gasteiger partial charge in [0.05, 0.1) is 13.2 Å². The minimum absolute atomic E-state index is 0.152. The average molecular weight is 333 g/mol. The molecule has 1 heterocycles. The lowest BCUT2D eigenvalue weighted by molar-refractivity contribution is -0.126. The zero-order chi connectivity index (χ0) is 17.4. The number of benzene rings is 1. The molecule has 2 rings (SSSR count). The molecule has 6 heteroatoms. The van der Waals surface area contributed by atoms with Gasteiger partial charge in [-0.1, -0.05) is 25.1 Å². The number of ether oxygens (including phenoxy) is 1. The van der Waals surface area contributed by atoms with E-state index >= 15 is 0 Å². The van der Waals surface area contributed by atoms with E-state index in [-0.39, 0.29) is 18.2 Å². The van der Waals surface area contributed by atoms with Gasteiger partial charge >= 0.3 is 0 Å². The van der Waals surface area contributed by atoms with Gasteiger partial charge in [-0.15, -0.1) is 0 Å². The van der Waals surface area contributed by atoms with Gasteiger partial charge < -0.3 is 15.4 Å². The fraction of sp³-hybridized carbons (Fsp3) is 0.556. The normalized spacial score (nSPS) is 15.1. The molecular formula is C18H27N3O3. The molecule has 132 valence electrons. The number of nitrogens with zero attached hydrogens (tertiary/aromatic N) is 1. The Morgan fingerprint density at radius 1 is 1.21 bits per heavy atom. The highest BCUT2D eigenvalue weighted by molar-refractivity contribution is 6.04. The van der Waals surface area contributed by atoms with E-state index in [1.807, 2.05) is 32.0 Å². The van der Waals surface area contributed by atoms with Crippen molar-refractivity contribution in [1.82, 2.24) is 10.2 Å². The van der Waals surface area contributed by atoms with Crippen LogP contribution in [0.3, 0.4) is 0 Å². The van der Waals surface area contributed by atoms with Crippen LogP contribution in [0.15, 0.2) is 18.2 Å². The van der Waals surface area contributed by atoms with Gasteiger partial charge in [0.1, 0.15) is 6.42 Å². The quantitative estimate of drug-likeness (QED) is 0.739. The van der Waals surface area contributed by atoms with Gasteiger partial charge in [0.25, 0.3) is 0 Å². The Morgan fingerprint density at radius 2 is 1.96 bits per heavy atom. The molecule has 0 saturated carbocycles. The van der Waals surface area contributed by atoms with Crippen LogP contribution < -0.4 is 10.6 Å². The number of amides is 2. The van der Waals surface area contributed by atoms with E-state index in [0.717, 1.165) is 56.1 Å². The first-order chi connectivity index (χ1) is 11.6. The molecule has 0 bridgehead atoms. The Labute approximate surface area is 143 Å². The summed E-state index contributed by atoms with van der Waals surface area (Å²) in [6.07, 6.45) is 0.684. The predicted octanol–water partition coefficient (Wildman–Crippen LogP) is 1.33. The van der Waals surface area contributed by atoms with E-state index in [9.17, 15) is 9.59 Å². The van der Waals surface area contributed by atoms with Crippen molar-refractivity contribution in [2.45, 2.75) is 26.7 Å². The van der Waals surface area contributed by atoms with Crippen LogP contribution in [-0.2, 0) is 20.7 Å². The first-order valence-corrected chi connectivity index (χ1v) is 8.55. The maximum Gasteiger partial charge on any atom is 0.233 e. The van der Waals surface area contributed by atoms with E-state index < -0.39 is 0 Å². The Balaban J connectivity index is 1.74. The summed E-state index contributed by atoms with van der Waals surface area (Å²) in [6.45, 7) is 8.61.